The number of aliphatic carboxylic acids is 1. The number of fused-ring (bicyclic) bond motifs is 1. The van der Waals surface area contributed by atoms with Crippen LogP contribution in [0.4, 0.5) is 14.5 Å². The van der Waals surface area contributed by atoms with E-state index in [9.17, 15) is 23.5 Å². The van der Waals surface area contributed by atoms with Gasteiger partial charge < -0.3 is 20.1 Å². The molecule has 0 aromatic heterocycles. The fourth-order valence-electron chi connectivity index (χ4n) is 4.64. The summed E-state index contributed by atoms with van der Waals surface area (Å²) >= 11 is 0. The first-order chi connectivity index (χ1) is 14.9. The van der Waals surface area contributed by atoms with Crippen LogP contribution in [0.25, 0.3) is 0 Å². The molecule has 164 valence electrons. The van der Waals surface area contributed by atoms with Crippen LogP contribution in [0, 0.1) is 5.41 Å². The van der Waals surface area contributed by atoms with Crippen molar-refractivity contribution in [3.05, 3.63) is 59.7 Å². The smallest absolute Gasteiger partial charge is 0.387 e. The van der Waals surface area contributed by atoms with Crippen molar-refractivity contribution in [1.29, 1.82) is 0 Å². The molecule has 2 aromatic rings. The topological polar surface area (TPSA) is 78.9 Å². The molecule has 8 heteroatoms. The number of benzene rings is 2. The quantitative estimate of drug-likeness (QED) is 0.705. The third-order valence-electron chi connectivity index (χ3n) is 6.10. The minimum Gasteiger partial charge on any atom is -0.481 e. The van der Waals surface area contributed by atoms with Crippen molar-refractivity contribution in [2.45, 2.75) is 38.3 Å². The molecule has 1 aliphatic carbocycles. The maximum absolute atomic E-state index is 12.8. The van der Waals surface area contributed by atoms with E-state index in [4.69, 9.17) is 0 Å². The second-order valence-corrected chi connectivity index (χ2v) is 8.23. The number of halogens is 2. The first-order valence-electron chi connectivity index (χ1n) is 10.2. The molecule has 31 heavy (non-hydrogen) atoms. The molecule has 0 bridgehead atoms. The molecule has 2 aliphatic rings. The van der Waals surface area contributed by atoms with Gasteiger partial charge in [-0.1, -0.05) is 36.4 Å². The average Bonchev–Trinajstić information content (AvgIpc) is 3.32. The standard InChI is InChI=1S/C23H24F2N2O4/c24-22(25)31-19-8-4-3-7-18(19)27-10-9-17(14-27)26-20(28)13-23(21(29)30)11-15-5-1-2-6-16(15)12-23/h1-8,17,22H,9-14H2,(H,26,28)(H,29,30). The van der Waals surface area contributed by atoms with E-state index < -0.39 is 18.0 Å². The SMILES string of the molecule is O=C(CC1(C(=O)O)Cc2ccccc2C1)NC1CCN(c2ccccc2OC(F)F)C1. The monoisotopic (exact) mass is 430 g/mol. The second kappa shape index (κ2) is 8.53. The number of hydrogen-bond acceptors (Lipinski definition) is 4. The summed E-state index contributed by atoms with van der Waals surface area (Å²) in [6.07, 6.45) is 1.20. The first kappa shape index (κ1) is 21.1. The van der Waals surface area contributed by atoms with Gasteiger partial charge in [0.15, 0.2) is 0 Å². The van der Waals surface area contributed by atoms with E-state index in [1.165, 1.54) is 6.07 Å². The van der Waals surface area contributed by atoms with Crippen molar-refractivity contribution in [1.82, 2.24) is 5.32 Å². The van der Waals surface area contributed by atoms with Gasteiger partial charge in [-0.25, -0.2) is 0 Å². The summed E-state index contributed by atoms with van der Waals surface area (Å²) in [6.45, 7) is -1.90. The summed E-state index contributed by atoms with van der Waals surface area (Å²) in [7, 11) is 0. The molecule has 1 atom stereocenters. The van der Waals surface area contributed by atoms with Gasteiger partial charge in [-0.15, -0.1) is 0 Å². The lowest BCUT2D eigenvalue weighted by Crippen LogP contribution is -2.42. The molecule has 1 unspecified atom stereocenters. The summed E-state index contributed by atoms with van der Waals surface area (Å²) < 4.78 is 30.0. The highest BCUT2D eigenvalue weighted by Crippen LogP contribution is 2.40. The first-order valence-corrected chi connectivity index (χ1v) is 10.2. The van der Waals surface area contributed by atoms with Gasteiger partial charge in [0.05, 0.1) is 11.1 Å². The molecular weight excluding hydrogens is 406 g/mol. The van der Waals surface area contributed by atoms with Crippen LogP contribution < -0.4 is 15.0 Å². The summed E-state index contributed by atoms with van der Waals surface area (Å²) in [5, 5.41) is 12.8. The molecular formula is C23H24F2N2O4. The molecule has 0 radical (unpaired) electrons. The average molecular weight is 430 g/mol. The zero-order valence-corrected chi connectivity index (χ0v) is 16.9. The van der Waals surface area contributed by atoms with Crippen LogP contribution >= 0.6 is 0 Å². The summed E-state index contributed by atoms with van der Waals surface area (Å²) in [5.41, 5.74) is 1.36. The minimum absolute atomic E-state index is 0.0954. The van der Waals surface area contributed by atoms with Crippen LogP contribution in [0.15, 0.2) is 48.5 Å². The second-order valence-electron chi connectivity index (χ2n) is 8.23. The predicted molar refractivity (Wildman–Crippen MR) is 110 cm³/mol. The van der Waals surface area contributed by atoms with Crippen molar-refractivity contribution in [2.75, 3.05) is 18.0 Å². The van der Waals surface area contributed by atoms with E-state index >= 15 is 0 Å². The van der Waals surface area contributed by atoms with Crippen LogP contribution in [0.3, 0.4) is 0 Å². The van der Waals surface area contributed by atoms with Gasteiger partial charge in [0, 0.05) is 25.6 Å². The summed E-state index contributed by atoms with van der Waals surface area (Å²) in [5.74, 6) is -1.18. The van der Waals surface area contributed by atoms with E-state index in [2.05, 4.69) is 10.1 Å². The van der Waals surface area contributed by atoms with Crippen molar-refractivity contribution in [2.24, 2.45) is 5.41 Å². The van der Waals surface area contributed by atoms with E-state index in [0.29, 0.717) is 38.0 Å². The molecule has 1 amide bonds. The fourth-order valence-corrected chi connectivity index (χ4v) is 4.64. The Balaban J connectivity index is 1.39. The number of carboxylic acids is 1. The molecule has 1 fully saturated rings. The van der Waals surface area contributed by atoms with Crippen molar-refractivity contribution in [3.8, 4) is 5.75 Å². The maximum atomic E-state index is 12.8. The van der Waals surface area contributed by atoms with Crippen molar-refractivity contribution < 1.29 is 28.2 Å². The number of anilines is 1. The Kier molecular flexibility index (Phi) is 5.80. The summed E-state index contributed by atoms with van der Waals surface area (Å²) in [4.78, 5) is 26.7. The number of carboxylic acid groups (broad SMARTS) is 1. The molecule has 1 aliphatic heterocycles. The molecule has 0 saturated carbocycles. The van der Waals surface area contributed by atoms with E-state index in [1.54, 1.807) is 18.2 Å². The van der Waals surface area contributed by atoms with Gasteiger partial charge in [-0.3, -0.25) is 9.59 Å². The van der Waals surface area contributed by atoms with Gasteiger partial charge >= 0.3 is 12.6 Å². The highest BCUT2D eigenvalue weighted by atomic mass is 19.3. The Bertz CT molecular complexity index is 957. The number of rotatable bonds is 7. The molecule has 0 spiro atoms. The zero-order chi connectivity index (χ0) is 22.0. The predicted octanol–water partition coefficient (Wildman–Crippen LogP) is 3.24. The van der Waals surface area contributed by atoms with Gasteiger partial charge in [0.2, 0.25) is 5.91 Å². The molecule has 2 aromatic carbocycles. The molecule has 1 saturated heterocycles. The Morgan fingerprint density at radius 3 is 2.42 bits per heavy atom. The number of para-hydroxylation sites is 2. The zero-order valence-electron chi connectivity index (χ0n) is 16.9. The largest absolute Gasteiger partial charge is 0.481 e. The highest BCUT2D eigenvalue weighted by Gasteiger charge is 2.45. The molecule has 2 N–H and O–H groups in total. The van der Waals surface area contributed by atoms with Crippen molar-refractivity contribution in [3.63, 3.8) is 0 Å². The number of carbonyl (C=O) groups excluding carboxylic acids is 1. The lowest BCUT2D eigenvalue weighted by Gasteiger charge is -2.25. The Morgan fingerprint density at radius 1 is 1.13 bits per heavy atom. The van der Waals surface area contributed by atoms with Gasteiger partial charge in [-0.05, 0) is 42.5 Å². The van der Waals surface area contributed by atoms with Gasteiger partial charge in [0.1, 0.15) is 5.75 Å². The number of alkyl halides is 2. The number of nitrogens with zero attached hydrogens (tertiary/aromatic N) is 1. The van der Waals surface area contributed by atoms with Crippen LogP contribution in [0.2, 0.25) is 0 Å². The van der Waals surface area contributed by atoms with Gasteiger partial charge in [-0.2, -0.15) is 8.78 Å². The van der Waals surface area contributed by atoms with Gasteiger partial charge in [0.25, 0.3) is 0 Å². The lowest BCUT2D eigenvalue weighted by atomic mass is 9.81. The van der Waals surface area contributed by atoms with E-state index in [1.807, 2.05) is 29.2 Å². The number of carbonyl (C=O) groups is 2. The Morgan fingerprint density at radius 2 is 1.77 bits per heavy atom. The third kappa shape index (κ3) is 4.47. The van der Waals surface area contributed by atoms with Crippen LogP contribution in [-0.2, 0) is 22.4 Å². The molecule has 1 heterocycles. The molecule has 6 nitrogen and oxygen atoms in total. The van der Waals surface area contributed by atoms with E-state index in [0.717, 1.165) is 11.1 Å². The number of nitrogens with one attached hydrogen (secondary N) is 1. The Labute approximate surface area is 178 Å². The summed E-state index contributed by atoms with van der Waals surface area (Å²) in [6, 6.07) is 13.9. The minimum atomic E-state index is -2.91. The Hall–Kier alpha value is -3.16. The highest BCUT2D eigenvalue weighted by molar-refractivity contribution is 5.86. The molecule has 4 rings (SSSR count). The lowest BCUT2D eigenvalue weighted by molar-refractivity contribution is -0.151. The fraction of sp³-hybridized carbons (Fsp3) is 0.391. The van der Waals surface area contributed by atoms with Crippen LogP contribution in [-0.4, -0.2) is 42.7 Å². The number of hydrogen-bond donors (Lipinski definition) is 2. The number of amides is 1. The van der Waals surface area contributed by atoms with E-state index in [-0.39, 0.29) is 24.1 Å². The van der Waals surface area contributed by atoms with Crippen LogP contribution in [0.1, 0.15) is 24.0 Å². The van der Waals surface area contributed by atoms with Crippen molar-refractivity contribution >= 4 is 17.6 Å². The van der Waals surface area contributed by atoms with Crippen LogP contribution in [0.5, 0.6) is 5.75 Å². The maximum Gasteiger partial charge on any atom is 0.387 e. The number of ether oxygens (including phenoxy) is 1. The third-order valence-corrected chi connectivity index (χ3v) is 6.10. The normalized spacial score (nSPS) is 19.3.